The van der Waals surface area contributed by atoms with Crippen molar-refractivity contribution in [2.24, 2.45) is 5.92 Å². The first kappa shape index (κ1) is 15.3. The van der Waals surface area contributed by atoms with Gasteiger partial charge in [-0.1, -0.05) is 31.2 Å². The number of likely N-dealkylation sites (tertiary alicyclic amines) is 1. The Morgan fingerprint density at radius 3 is 2.55 bits per heavy atom. The molecule has 1 aliphatic rings. The molecular formula is C19H26N2O. The minimum absolute atomic E-state index is 0.780. The highest BCUT2D eigenvalue weighted by molar-refractivity contribution is 5.27. The van der Waals surface area contributed by atoms with Crippen LogP contribution in [0.1, 0.15) is 36.7 Å². The first-order chi connectivity index (χ1) is 10.8. The van der Waals surface area contributed by atoms with Gasteiger partial charge in [0.15, 0.2) is 0 Å². The Hall–Kier alpha value is -1.58. The Bertz CT molecular complexity index is 557. The summed E-state index contributed by atoms with van der Waals surface area (Å²) in [6.45, 7) is 7.57. The van der Waals surface area contributed by atoms with Crippen LogP contribution in [-0.4, -0.2) is 18.0 Å². The molecule has 2 aromatic rings. The highest BCUT2D eigenvalue weighted by Gasteiger charge is 2.16. The predicted molar refractivity (Wildman–Crippen MR) is 89.4 cm³/mol. The Morgan fingerprint density at radius 2 is 1.82 bits per heavy atom. The second kappa shape index (κ2) is 7.61. The van der Waals surface area contributed by atoms with E-state index in [0.29, 0.717) is 0 Å². The molecule has 1 aromatic heterocycles. The molecular weight excluding hydrogens is 272 g/mol. The zero-order valence-corrected chi connectivity index (χ0v) is 13.4. The molecule has 0 unspecified atom stereocenters. The van der Waals surface area contributed by atoms with Gasteiger partial charge in [0.2, 0.25) is 0 Å². The number of nitrogens with zero attached hydrogens (tertiary/aromatic N) is 1. The summed E-state index contributed by atoms with van der Waals surface area (Å²) >= 11 is 0. The average molecular weight is 298 g/mol. The average Bonchev–Trinajstić information content (AvgIpc) is 3.05. The SMILES string of the molecule is CC1CCN(Cc2ccccc2CNCc2ccco2)CC1. The summed E-state index contributed by atoms with van der Waals surface area (Å²) in [6.07, 6.45) is 4.39. The Balaban J connectivity index is 1.55. The van der Waals surface area contributed by atoms with Crippen molar-refractivity contribution in [3.63, 3.8) is 0 Å². The zero-order valence-electron chi connectivity index (χ0n) is 13.4. The van der Waals surface area contributed by atoms with E-state index in [9.17, 15) is 0 Å². The van der Waals surface area contributed by atoms with Crippen molar-refractivity contribution in [1.82, 2.24) is 10.2 Å². The van der Waals surface area contributed by atoms with Crippen LogP contribution in [0.4, 0.5) is 0 Å². The Kier molecular flexibility index (Phi) is 5.30. The van der Waals surface area contributed by atoms with E-state index in [1.54, 1.807) is 6.26 Å². The zero-order chi connectivity index (χ0) is 15.2. The molecule has 1 aliphatic heterocycles. The van der Waals surface area contributed by atoms with E-state index in [0.717, 1.165) is 31.3 Å². The lowest BCUT2D eigenvalue weighted by Gasteiger charge is -2.30. The van der Waals surface area contributed by atoms with Gasteiger partial charge < -0.3 is 9.73 Å². The van der Waals surface area contributed by atoms with E-state index >= 15 is 0 Å². The van der Waals surface area contributed by atoms with Crippen LogP contribution < -0.4 is 5.32 Å². The molecule has 0 spiro atoms. The highest BCUT2D eigenvalue weighted by Crippen LogP contribution is 2.19. The number of benzene rings is 1. The largest absolute Gasteiger partial charge is 0.468 e. The lowest BCUT2D eigenvalue weighted by Crippen LogP contribution is -2.32. The number of hydrogen-bond acceptors (Lipinski definition) is 3. The van der Waals surface area contributed by atoms with Gasteiger partial charge in [0.1, 0.15) is 5.76 Å². The molecule has 118 valence electrons. The van der Waals surface area contributed by atoms with E-state index in [2.05, 4.69) is 41.4 Å². The van der Waals surface area contributed by atoms with Crippen LogP contribution in [0.3, 0.4) is 0 Å². The molecule has 1 aromatic carbocycles. The third kappa shape index (κ3) is 4.21. The number of piperidine rings is 1. The van der Waals surface area contributed by atoms with Gasteiger partial charge in [0.25, 0.3) is 0 Å². The number of rotatable bonds is 6. The summed E-state index contributed by atoms with van der Waals surface area (Å²) in [5.41, 5.74) is 2.84. The molecule has 1 fully saturated rings. The van der Waals surface area contributed by atoms with Crippen LogP contribution in [0.25, 0.3) is 0 Å². The first-order valence-electron chi connectivity index (χ1n) is 8.33. The molecule has 0 aliphatic carbocycles. The number of nitrogens with one attached hydrogen (secondary N) is 1. The van der Waals surface area contributed by atoms with E-state index in [4.69, 9.17) is 4.42 Å². The fourth-order valence-electron chi connectivity index (χ4n) is 3.08. The van der Waals surface area contributed by atoms with Crippen LogP contribution in [0.15, 0.2) is 47.1 Å². The standard InChI is InChI=1S/C19H26N2O/c1-16-8-10-21(11-9-16)15-18-6-3-2-5-17(18)13-20-14-19-7-4-12-22-19/h2-7,12,16,20H,8-11,13-15H2,1H3. The van der Waals surface area contributed by atoms with Crippen LogP contribution in [0, 0.1) is 5.92 Å². The Morgan fingerprint density at radius 1 is 1.05 bits per heavy atom. The quantitative estimate of drug-likeness (QED) is 0.879. The van der Waals surface area contributed by atoms with E-state index in [-0.39, 0.29) is 0 Å². The molecule has 1 saturated heterocycles. The third-order valence-corrected chi connectivity index (χ3v) is 4.58. The fraction of sp³-hybridized carbons (Fsp3) is 0.474. The summed E-state index contributed by atoms with van der Waals surface area (Å²) in [5.74, 6) is 1.88. The van der Waals surface area contributed by atoms with Crippen molar-refractivity contribution in [2.75, 3.05) is 13.1 Å². The lowest BCUT2D eigenvalue weighted by molar-refractivity contribution is 0.185. The van der Waals surface area contributed by atoms with Gasteiger partial charge in [-0.05, 0) is 55.1 Å². The number of hydrogen-bond donors (Lipinski definition) is 1. The summed E-state index contributed by atoms with van der Waals surface area (Å²) < 4.78 is 5.36. The van der Waals surface area contributed by atoms with Crippen molar-refractivity contribution in [3.05, 3.63) is 59.5 Å². The maximum atomic E-state index is 5.36. The van der Waals surface area contributed by atoms with Crippen molar-refractivity contribution >= 4 is 0 Å². The van der Waals surface area contributed by atoms with Crippen LogP contribution in [-0.2, 0) is 19.6 Å². The summed E-state index contributed by atoms with van der Waals surface area (Å²) in [5, 5.41) is 3.48. The molecule has 3 heteroatoms. The molecule has 1 N–H and O–H groups in total. The maximum absolute atomic E-state index is 5.36. The molecule has 22 heavy (non-hydrogen) atoms. The minimum atomic E-state index is 0.780. The minimum Gasteiger partial charge on any atom is -0.468 e. The molecule has 0 bridgehead atoms. The van der Waals surface area contributed by atoms with Crippen LogP contribution in [0.2, 0.25) is 0 Å². The Labute approximate surface area is 133 Å². The molecule has 0 saturated carbocycles. The van der Waals surface area contributed by atoms with Gasteiger partial charge in [-0.15, -0.1) is 0 Å². The van der Waals surface area contributed by atoms with Gasteiger partial charge in [0, 0.05) is 13.1 Å². The normalized spacial score (nSPS) is 17.0. The third-order valence-electron chi connectivity index (χ3n) is 4.58. The molecule has 3 rings (SSSR count). The van der Waals surface area contributed by atoms with Crippen LogP contribution >= 0.6 is 0 Å². The van der Waals surface area contributed by atoms with Crippen molar-refractivity contribution < 1.29 is 4.42 Å². The highest BCUT2D eigenvalue weighted by atomic mass is 16.3. The first-order valence-corrected chi connectivity index (χ1v) is 8.33. The fourth-order valence-corrected chi connectivity index (χ4v) is 3.08. The molecule has 0 atom stereocenters. The molecule has 3 nitrogen and oxygen atoms in total. The van der Waals surface area contributed by atoms with Gasteiger partial charge >= 0.3 is 0 Å². The van der Waals surface area contributed by atoms with Crippen LogP contribution in [0.5, 0.6) is 0 Å². The second-order valence-electron chi connectivity index (χ2n) is 6.41. The smallest absolute Gasteiger partial charge is 0.117 e. The lowest BCUT2D eigenvalue weighted by atomic mass is 9.98. The molecule has 2 heterocycles. The monoisotopic (exact) mass is 298 g/mol. The summed E-state index contributed by atoms with van der Waals surface area (Å²) in [4.78, 5) is 2.59. The van der Waals surface area contributed by atoms with E-state index < -0.39 is 0 Å². The molecule has 0 amide bonds. The van der Waals surface area contributed by atoms with E-state index in [1.165, 1.54) is 37.1 Å². The second-order valence-corrected chi connectivity index (χ2v) is 6.41. The predicted octanol–water partition coefficient (Wildman–Crippen LogP) is 3.80. The van der Waals surface area contributed by atoms with Gasteiger partial charge in [-0.3, -0.25) is 4.90 Å². The topological polar surface area (TPSA) is 28.4 Å². The summed E-state index contributed by atoms with van der Waals surface area (Å²) in [7, 11) is 0. The van der Waals surface area contributed by atoms with Gasteiger partial charge in [0.05, 0.1) is 12.8 Å². The molecule has 0 radical (unpaired) electrons. The van der Waals surface area contributed by atoms with Crippen molar-refractivity contribution in [1.29, 1.82) is 0 Å². The van der Waals surface area contributed by atoms with E-state index in [1.807, 2.05) is 12.1 Å². The van der Waals surface area contributed by atoms with Crippen molar-refractivity contribution in [2.45, 2.75) is 39.4 Å². The summed E-state index contributed by atoms with van der Waals surface area (Å²) in [6, 6.07) is 12.7. The van der Waals surface area contributed by atoms with Gasteiger partial charge in [-0.2, -0.15) is 0 Å². The van der Waals surface area contributed by atoms with Crippen molar-refractivity contribution in [3.8, 4) is 0 Å². The maximum Gasteiger partial charge on any atom is 0.117 e. The van der Waals surface area contributed by atoms with Gasteiger partial charge in [-0.25, -0.2) is 0 Å². The number of furan rings is 1.